The second-order valence-electron chi connectivity index (χ2n) is 4.57. The molecule has 5 heteroatoms. The van der Waals surface area contributed by atoms with Gasteiger partial charge in [-0.3, -0.25) is 4.79 Å². The molecule has 1 heterocycles. The number of ether oxygens (including phenoxy) is 3. The molecule has 94 valence electrons. The normalized spacial score (nSPS) is 27.4. The van der Waals surface area contributed by atoms with Gasteiger partial charge in [0.25, 0.3) is 0 Å². The molecule has 0 radical (unpaired) electrons. The largest absolute Gasteiger partial charge is 0.465 e. The van der Waals surface area contributed by atoms with Crippen LogP contribution in [0, 0.1) is 0 Å². The SMILES string of the molecule is CCOC(=O)C(C)(Cl)CC1COC(C)(C)O1. The molecule has 2 atom stereocenters. The molecule has 1 aliphatic rings. The fourth-order valence-corrected chi connectivity index (χ4v) is 1.88. The van der Waals surface area contributed by atoms with Crippen LogP contribution in [-0.2, 0) is 19.0 Å². The van der Waals surface area contributed by atoms with Crippen molar-refractivity contribution in [3.63, 3.8) is 0 Å². The molecule has 1 saturated heterocycles. The molecular weight excluding hydrogens is 232 g/mol. The van der Waals surface area contributed by atoms with Gasteiger partial charge in [-0.15, -0.1) is 11.6 Å². The molecule has 16 heavy (non-hydrogen) atoms. The van der Waals surface area contributed by atoms with Gasteiger partial charge in [0.2, 0.25) is 0 Å². The highest BCUT2D eigenvalue weighted by atomic mass is 35.5. The van der Waals surface area contributed by atoms with Gasteiger partial charge in [0.1, 0.15) is 4.87 Å². The predicted molar refractivity (Wildman–Crippen MR) is 60.4 cm³/mol. The average molecular weight is 251 g/mol. The van der Waals surface area contributed by atoms with E-state index in [1.54, 1.807) is 13.8 Å². The van der Waals surface area contributed by atoms with Gasteiger partial charge < -0.3 is 14.2 Å². The number of rotatable bonds is 4. The first-order valence-electron chi connectivity index (χ1n) is 5.45. The Kier molecular flexibility index (Phi) is 4.21. The van der Waals surface area contributed by atoms with Crippen LogP contribution in [0.1, 0.15) is 34.1 Å². The highest BCUT2D eigenvalue weighted by Crippen LogP contribution is 2.31. The Morgan fingerprint density at radius 3 is 2.69 bits per heavy atom. The maximum atomic E-state index is 11.6. The van der Waals surface area contributed by atoms with Crippen LogP contribution in [0.15, 0.2) is 0 Å². The average Bonchev–Trinajstić information content (AvgIpc) is 2.45. The van der Waals surface area contributed by atoms with Crippen molar-refractivity contribution in [3.8, 4) is 0 Å². The molecule has 0 saturated carbocycles. The Hall–Kier alpha value is -0.320. The first kappa shape index (κ1) is 13.7. The van der Waals surface area contributed by atoms with Gasteiger partial charge in [-0.05, 0) is 27.7 Å². The van der Waals surface area contributed by atoms with E-state index < -0.39 is 16.6 Å². The lowest BCUT2D eigenvalue weighted by Crippen LogP contribution is -2.36. The summed E-state index contributed by atoms with van der Waals surface area (Å²) < 4.78 is 15.9. The second-order valence-corrected chi connectivity index (χ2v) is 5.41. The predicted octanol–water partition coefficient (Wildman–Crippen LogP) is 2.09. The molecule has 0 bridgehead atoms. The Labute approximate surface area is 101 Å². The molecule has 0 aliphatic carbocycles. The minimum Gasteiger partial charge on any atom is -0.465 e. The van der Waals surface area contributed by atoms with Gasteiger partial charge in [0, 0.05) is 6.42 Å². The van der Waals surface area contributed by atoms with Crippen molar-refractivity contribution in [2.24, 2.45) is 0 Å². The van der Waals surface area contributed by atoms with Gasteiger partial charge in [-0.2, -0.15) is 0 Å². The van der Waals surface area contributed by atoms with Crippen LogP contribution in [0.3, 0.4) is 0 Å². The maximum absolute atomic E-state index is 11.6. The van der Waals surface area contributed by atoms with Crippen molar-refractivity contribution in [1.29, 1.82) is 0 Å². The van der Waals surface area contributed by atoms with Crippen molar-refractivity contribution < 1.29 is 19.0 Å². The molecule has 2 unspecified atom stereocenters. The summed E-state index contributed by atoms with van der Waals surface area (Å²) in [6.07, 6.45) is 0.221. The van der Waals surface area contributed by atoms with E-state index >= 15 is 0 Å². The van der Waals surface area contributed by atoms with Crippen LogP contribution in [0.4, 0.5) is 0 Å². The van der Waals surface area contributed by atoms with E-state index in [1.807, 2.05) is 13.8 Å². The highest BCUT2D eigenvalue weighted by Gasteiger charge is 2.41. The third kappa shape index (κ3) is 3.61. The maximum Gasteiger partial charge on any atom is 0.326 e. The van der Waals surface area contributed by atoms with Crippen LogP contribution in [-0.4, -0.2) is 35.9 Å². The van der Waals surface area contributed by atoms with Crippen LogP contribution >= 0.6 is 11.6 Å². The molecule has 0 spiro atoms. The zero-order valence-electron chi connectivity index (χ0n) is 10.2. The second kappa shape index (κ2) is 4.90. The summed E-state index contributed by atoms with van der Waals surface area (Å²) >= 11 is 6.13. The van der Waals surface area contributed by atoms with Crippen molar-refractivity contribution in [1.82, 2.24) is 0 Å². The molecule has 1 aliphatic heterocycles. The minimum absolute atomic E-state index is 0.165. The molecule has 0 aromatic heterocycles. The van der Waals surface area contributed by atoms with E-state index in [0.717, 1.165) is 0 Å². The molecule has 0 N–H and O–H groups in total. The Balaban J connectivity index is 2.50. The quantitative estimate of drug-likeness (QED) is 0.566. The zero-order valence-corrected chi connectivity index (χ0v) is 11.0. The third-order valence-corrected chi connectivity index (χ3v) is 2.69. The minimum atomic E-state index is -1.05. The first-order chi connectivity index (χ1) is 7.27. The number of hydrogen-bond donors (Lipinski definition) is 0. The van der Waals surface area contributed by atoms with E-state index in [0.29, 0.717) is 19.6 Å². The summed E-state index contributed by atoms with van der Waals surface area (Å²) in [7, 11) is 0. The number of alkyl halides is 1. The monoisotopic (exact) mass is 250 g/mol. The number of halogens is 1. The van der Waals surface area contributed by atoms with E-state index in [9.17, 15) is 4.79 Å². The summed E-state index contributed by atoms with van der Waals surface area (Å²) in [6, 6.07) is 0. The standard InChI is InChI=1S/C11H19ClO4/c1-5-14-9(13)11(4,12)6-8-7-15-10(2,3)16-8/h8H,5-7H2,1-4H3. The molecule has 0 amide bonds. The van der Waals surface area contributed by atoms with Crippen molar-refractivity contribution in [2.75, 3.05) is 13.2 Å². The molecular formula is C11H19ClO4. The number of hydrogen-bond acceptors (Lipinski definition) is 4. The lowest BCUT2D eigenvalue weighted by atomic mass is 10.0. The summed E-state index contributed by atoms with van der Waals surface area (Å²) in [6.45, 7) is 7.85. The number of carbonyl (C=O) groups excluding carboxylic acids is 1. The topological polar surface area (TPSA) is 44.8 Å². The van der Waals surface area contributed by atoms with Crippen LogP contribution in [0.5, 0.6) is 0 Å². The Morgan fingerprint density at radius 1 is 1.62 bits per heavy atom. The number of carbonyl (C=O) groups is 1. The fraction of sp³-hybridized carbons (Fsp3) is 0.909. The van der Waals surface area contributed by atoms with E-state index in [4.69, 9.17) is 25.8 Å². The fourth-order valence-electron chi connectivity index (χ4n) is 1.66. The van der Waals surface area contributed by atoms with Gasteiger partial charge in [-0.25, -0.2) is 0 Å². The molecule has 0 aromatic carbocycles. The molecule has 1 rings (SSSR count). The van der Waals surface area contributed by atoms with E-state index in [1.165, 1.54) is 0 Å². The number of esters is 1. The van der Waals surface area contributed by atoms with Crippen LogP contribution < -0.4 is 0 Å². The third-order valence-electron chi connectivity index (χ3n) is 2.38. The first-order valence-corrected chi connectivity index (χ1v) is 5.82. The lowest BCUT2D eigenvalue weighted by Gasteiger charge is -2.23. The molecule has 0 aromatic rings. The highest BCUT2D eigenvalue weighted by molar-refractivity contribution is 6.33. The van der Waals surface area contributed by atoms with Crippen LogP contribution in [0.2, 0.25) is 0 Å². The Bertz CT molecular complexity index is 263. The molecule has 1 fully saturated rings. The zero-order chi connectivity index (χ0) is 12.4. The summed E-state index contributed by atoms with van der Waals surface area (Å²) in [4.78, 5) is 10.5. The van der Waals surface area contributed by atoms with Gasteiger partial charge in [0.05, 0.1) is 19.3 Å². The van der Waals surface area contributed by atoms with Crippen molar-refractivity contribution >= 4 is 17.6 Å². The van der Waals surface area contributed by atoms with Crippen molar-refractivity contribution in [2.45, 2.75) is 50.9 Å². The Morgan fingerprint density at radius 2 is 2.25 bits per heavy atom. The van der Waals surface area contributed by atoms with Crippen molar-refractivity contribution in [3.05, 3.63) is 0 Å². The van der Waals surface area contributed by atoms with Crippen LogP contribution in [0.25, 0.3) is 0 Å². The molecule has 4 nitrogen and oxygen atoms in total. The van der Waals surface area contributed by atoms with E-state index in [2.05, 4.69) is 0 Å². The van der Waals surface area contributed by atoms with Gasteiger partial charge in [0.15, 0.2) is 5.79 Å². The smallest absolute Gasteiger partial charge is 0.326 e. The summed E-state index contributed by atoms with van der Waals surface area (Å²) in [5, 5.41) is 0. The summed E-state index contributed by atoms with van der Waals surface area (Å²) in [5.74, 6) is -1.00. The summed E-state index contributed by atoms with van der Waals surface area (Å²) in [5.41, 5.74) is 0. The van der Waals surface area contributed by atoms with Gasteiger partial charge in [-0.1, -0.05) is 0 Å². The van der Waals surface area contributed by atoms with Gasteiger partial charge >= 0.3 is 5.97 Å². The lowest BCUT2D eigenvalue weighted by molar-refractivity contribution is -0.151. The van der Waals surface area contributed by atoms with E-state index in [-0.39, 0.29) is 6.10 Å².